The van der Waals surface area contributed by atoms with E-state index >= 15 is 0 Å². The number of hydrogen-bond donors (Lipinski definition) is 2. The number of carbonyl (C=O) groups is 1. The fourth-order valence-corrected chi connectivity index (χ4v) is 3.54. The van der Waals surface area contributed by atoms with Crippen LogP contribution in [0.5, 0.6) is 0 Å². The SMILES string of the molecule is Cn1c(=O)cc(C(=O)N[C@@H](Cc2ccsc2)c2nccs2)[nH]c1=O. The number of amides is 1. The Bertz CT molecular complexity index is 911. The summed E-state index contributed by atoms with van der Waals surface area (Å²) in [6.07, 6.45) is 2.25. The van der Waals surface area contributed by atoms with Crippen molar-refractivity contribution in [1.29, 1.82) is 0 Å². The molecule has 0 saturated heterocycles. The monoisotopic (exact) mass is 362 g/mol. The van der Waals surface area contributed by atoms with Crippen LogP contribution in [0, 0.1) is 0 Å². The number of hydrogen-bond acceptors (Lipinski definition) is 6. The molecule has 24 heavy (non-hydrogen) atoms. The molecule has 0 saturated carbocycles. The lowest BCUT2D eigenvalue weighted by Crippen LogP contribution is -2.37. The van der Waals surface area contributed by atoms with E-state index in [9.17, 15) is 14.4 Å². The molecule has 124 valence electrons. The topological polar surface area (TPSA) is 96.8 Å². The summed E-state index contributed by atoms with van der Waals surface area (Å²) < 4.78 is 0.903. The van der Waals surface area contributed by atoms with E-state index in [4.69, 9.17) is 0 Å². The molecule has 0 aromatic carbocycles. The average molecular weight is 362 g/mol. The number of nitrogens with zero attached hydrogens (tertiary/aromatic N) is 2. The molecule has 0 aliphatic heterocycles. The number of carbonyl (C=O) groups excluding carboxylic acids is 1. The van der Waals surface area contributed by atoms with Gasteiger partial charge in [-0.25, -0.2) is 9.78 Å². The molecule has 7 nitrogen and oxygen atoms in total. The second-order valence-electron chi connectivity index (χ2n) is 5.12. The molecule has 0 aliphatic carbocycles. The predicted octanol–water partition coefficient (Wildman–Crippen LogP) is 1.31. The van der Waals surface area contributed by atoms with E-state index in [1.54, 1.807) is 17.5 Å². The highest BCUT2D eigenvalue weighted by molar-refractivity contribution is 7.09. The Hall–Kier alpha value is -2.52. The summed E-state index contributed by atoms with van der Waals surface area (Å²) in [4.78, 5) is 42.5. The van der Waals surface area contributed by atoms with Gasteiger partial charge in [0, 0.05) is 31.1 Å². The van der Waals surface area contributed by atoms with Crippen molar-refractivity contribution in [3.05, 3.63) is 71.6 Å². The summed E-state index contributed by atoms with van der Waals surface area (Å²) in [5, 5.41) is 9.42. The molecule has 1 atom stereocenters. The van der Waals surface area contributed by atoms with Crippen LogP contribution in [0.4, 0.5) is 0 Å². The number of nitrogens with one attached hydrogen (secondary N) is 2. The van der Waals surface area contributed by atoms with E-state index in [-0.39, 0.29) is 11.7 Å². The number of rotatable bonds is 5. The average Bonchev–Trinajstić information content (AvgIpc) is 3.24. The van der Waals surface area contributed by atoms with Gasteiger partial charge < -0.3 is 10.3 Å². The Morgan fingerprint density at radius 3 is 2.88 bits per heavy atom. The second kappa shape index (κ2) is 6.93. The van der Waals surface area contributed by atoms with Crippen molar-refractivity contribution in [3.8, 4) is 0 Å². The molecule has 0 radical (unpaired) electrons. The number of thiazole rings is 1. The van der Waals surface area contributed by atoms with Gasteiger partial charge in [-0.2, -0.15) is 11.3 Å². The fourth-order valence-electron chi connectivity index (χ4n) is 2.16. The first kappa shape index (κ1) is 16.3. The van der Waals surface area contributed by atoms with E-state index < -0.39 is 17.2 Å². The van der Waals surface area contributed by atoms with Crippen LogP contribution in [0.25, 0.3) is 0 Å². The Labute approximate surface area is 144 Å². The molecule has 3 aromatic rings. The summed E-state index contributed by atoms with van der Waals surface area (Å²) >= 11 is 3.02. The van der Waals surface area contributed by atoms with Crippen LogP contribution in [0.3, 0.4) is 0 Å². The quantitative estimate of drug-likeness (QED) is 0.715. The van der Waals surface area contributed by atoms with Crippen LogP contribution in [-0.2, 0) is 13.5 Å². The molecule has 0 bridgehead atoms. The molecule has 0 aliphatic rings. The molecule has 2 N–H and O–H groups in total. The third kappa shape index (κ3) is 3.52. The van der Waals surface area contributed by atoms with Crippen molar-refractivity contribution in [2.75, 3.05) is 0 Å². The Balaban J connectivity index is 1.86. The minimum Gasteiger partial charge on any atom is -0.341 e. The number of H-pyrrole nitrogens is 1. The third-order valence-corrected chi connectivity index (χ3v) is 5.09. The van der Waals surface area contributed by atoms with Crippen molar-refractivity contribution in [2.45, 2.75) is 12.5 Å². The Morgan fingerprint density at radius 1 is 1.42 bits per heavy atom. The maximum atomic E-state index is 12.4. The van der Waals surface area contributed by atoms with Gasteiger partial charge in [0.15, 0.2) is 0 Å². The zero-order chi connectivity index (χ0) is 17.1. The van der Waals surface area contributed by atoms with Crippen LogP contribution in [0.2, 0.25) is 0 Å². The van der Waals surface area contributed by atoms with Crippen molar-refractivity contribution in [3.63, 3.8) is 0 Å². The third-order valence-electron chi connectivity index (χ3n) is 3.46. The number of aromatic amines is 1. The molecular formula is C15H14N4O3S2. The highest BCUT2D eigenvalue weighted by Gasteiger charge is 2.20. The molecule has 3 heterocycles. The maximum Gasteiger partial charge on any atom is 0.328 e. The standard InChI is InChI=1S/C15H14N4O3S2/c1-19-12(20)7-10(18-15(19)22)13(21)17-11(14-16-3-5-24-14)6-9-2-4-23-8-9/h2-5,7-8,11H,6H2,1H3,(H,17,21)(H,18,22)/t11-/m0/s1. The summed E-state index contributed by atoms with van der Waals surface area (Å²) in [6.45, 7) is 0. The molecule has 0 spiro atoms. The number of thiophene rings is 1. The lowest BCUT2D eigenvalue weighted by Gasteiger charge is -2.16. The van der Waals surface area contributed by atoms with Crippen LogP contribution in [0.15, 0.2) is 44.1 Å². The first-order valence-electron chi connectivity index (χ1n) is 7.06. The van der Waals surface area contributed by atoms with Crippen LogP contribution in [0.1, 0.15) is 27.1 Å². The maximum absolute atomic E-state index is 12.4. The van der Waals surface area contributed by atoms with Gasteiger partial charge in [0.05, 0.1) is 6.04 Å². The first-order valence-corrected chi connectivity index (χ1v) is 8.88. The minimum absolute atomic E-state index is 0.0602. The van der Waals surface area contributed by atoms with Crippen LogP contribution in [-0.4, -0.2) is 20.4 Å². The lowest BCUT2D eigenvalue weighted by molar-refractivity contribution is 0.0930. The van der Waals surface area contributed by atoms with Gasteiger partial charge in [0.2, 0.25) is 0 Å². The molecule has 0 fully saturated rings. The van der Waals surface area contributed by atoms with E-state index in [2.05, 4.69) is 15.3 Å². The first-order chi connectivity index (χ1) is 11.5. The normalized spacial score (nSPS) is 12.0. The van der Waals surface area contributed by atoms with E-state index in [0.29, 0.717) is 6.42 Å². The van der Waals surface area contributed by atoms with Crippen molar-refractivity contribution >= 4 is 28.6 Å². The van der Waals surface area contributed by atoms with Crippen LogP contribution < -0.4 is 16.6 Å². The zero-order valence-corrected chi connectivity index (χ0v) is 14.3. The molecule has 3 aromatic heterocycles. The fraction of sp³-hybridized carbons (Fsp3) is 0.200. The van der Waals surface area contributed by atoms with Gasteiger partial charge in [0.1, 0.15) is 10.7 Å². The van der Waals surface area contributed by atoms with Crippen molar-refractivity contribution < 1.29 is 4.79 Å². The highest BCUT2D eigenvalue weighted by atomic mass is 32.1. The molecule has 1 amide bonds. The molecular weight excluding hydrogens is 348 g/mol. The molecule has 0 unspecified atom stereocenters. The lowest BCUT2D eigenvalue weighted by atomic mass is 10.1. The van der Waals surface area contributed by atoms with Crippen molar-refractivity contribution in [1.82, 2.24) is 19.9 Å². The zero-order valence-electron chi connectivity index (χ0n) is 12.7. The Morgan fingerprint density at radius 2 is 2.25 bits per heavy atom. The van der Waals surface area contributed by atoms with Gasteiger partial charge in [-0.1, -0.05) is 0 Å². The highest BCUT2D eigenvalue weighted by Crippen LogP contribution is 2.22. The van der Waals surface area contributed by atoms with Gasteiger partial charge in [-0.05, 0) is 22.4 Å². The van der Waals surface area contributed by atoms with Crippen molar-refractivity contribution in [2.24, 2.45) is 7.05 Å². The molecule has 9 heteroatoms. The molecule has 3 rings (SSSR count). The van der Waals surface area contributed by atoms with E-state index in [0.717, 1.165) is 21.2 Å². The van der Waals surface area contributed by atoms with Gasteiger partial charge in [-0.3, -0.25) is 14.2 Å². The smallest absolute Gasteiger partial charge is 0.328 e. The largest absolute Gasteiger partial charge is 0.341 e. The minimum atomic E-state index is -0.628. The summed E-state index contributed by atoms with van der Waals surface area (Å²) in [5.41, 5.74) is -0.142. The number of aromatic nitrogens is 3. The van der Waals surface area contributed by atoms with Gasteiger partial charge >= 0.3 is 5.69 Å². The van der Waals surface area contributed by atoms with Gasteiger partial charge in [-0.15, -0.1) is 11.3 Å². The van der Waals surface area contributed by atoms with E-state index in [1.165, 1.54) is 18.4 Å². The predicted molar refractivity (Wildman–Crippen MR) is 92.6 cm³/mol. The second-order valence-corrected chi connectivity index (χ2v) is 6.82. The van der Waals surface area contributed by atoms with E-state index in [1.807, 2.05) is 22.2 Å². The summed E-state index contributed by atoms with van der Waals surface area (Å²) in [6, 6.07) is 2.76. The van der Waals surface area contributed by atoms with Gasteiger partial charge in [0.25, 0.3) is 11.5 Å². The summed E-state index contributed by atoms with van der Waals surface area (Å²) in [7, 11) is 1.35. The van der Waals surface area contributed by atoms with Crippen LogP contribution >= 0.6 is 22.7 Å². The Kier molecular flexibility index (Phi) is 4.72. The summed E-state index contributed by atoms with van der Waals surface area (Å²) in [5.74, 6) is -0.514.